The predicted molar refractivity (Wildman–Crippen MR) is 57.5 cm³/mol. The topological polar surface area (TPSA) is 30.7 Å². The van der Waals surface area contributed by atoms with Gasteiger partial charge in [0.1, 0.15) is 0 Å². The lowest BCUT2D eigenvalue weighted by Gasteiger charge is -1.94. The molecule has 0 bridgehead atoms. The minimum absolute atomic E-state index is 1.000. The molecule has 0 fully saturated rings. The molecule has 0 aliphatic heterocycles. The van der Waals surface area contributed by atoms with Gasteiger partial charge in [-0.1, -0.05) is 41.1 Å². The number of aromatic nitrogens is 3. The lowest BCUT2D eigenvalue weighted by molar-refractivity contribution is 0.584. The second-order valence-electron chi connectivity index (χ2n) is 2.77. The molecule has 0 radical (unpaired) electrons. The molecule has 12 heavy (non-hydrogen) atoms. The van der Waals surface area contributed by atoms with Crippen LogP contribution in [0.3, 0.4) is 0 Å². The van der Waals surface area contributed by atoms with E-state index >= 15 is 0 Å². The summed E-state index contributed by atoms with van der Waals surface area (Å²) in [6.45, 7) is 3.16. The van der Waals surface area contributed by atoms with Crippen LogP contribution in [0.15, 0.2) is 6.20 Å². The monoisotopic (exact) mass is 279 g/mol. The van der Waals surface area contributed by atoms with Crippen molar-refractivity contribution in [2.24, 2.45) is 0 Å². The van der Waals surface area contributed by atoms with Crippen LogP contribution in [0.2, 0.25) is 0 Å². The highest BCUT2D eigenvalue weighted by Gasteiger charge is 1.97. The third kappa shape index (κ3) is 3.08. The van der Waals surface area contributed by atoms with Crippen LogP contribution >= 0.6 is 22.6 Å². The Labute approximate surface area is 86.7 Å². The number of alkyl halides is 1. The van der Waals surface area contributed by atoms with Crippen molar-refractivity contribution < 1.29 is 0 Å². The Morgan fingerprint density at radius 3 is 3.08 bits per heavy atom. The molecule has 0 spiro atoms. The molecule has 1 aromatic heterocycles. The summed E-state index contributed by atoms with van der Waals surface area (Å²) in [5.74, 6) is 0. The van der Waals surface area contributed by atoms with Crippen LogP contribution in [0.5, 0.6) is 0 Å². The van der Waals surface area contributed by atoms with E-state index in [4.69, 9.17) is 0 Å². The molecule has 3 nitrogen and oxygen atoms in total. The zero-order valence-corrected chi connectivity index (χ0v) is 9.49. The van der Waals surface area contributed by atoms with Crippen molar-refractivity contribution in [1.82, 2.24) is 15.0 Å². The molecule has 0 atom stereocenters. The quantitative estimate of drug-likeness (QED) is 0.610. The van der Waals surface area contributed by atoms with Gasteiger partial charge in [-0.3, -0.25) is 4.68 Å². The largest absolute Gasteiger partial charge is 0.252 e. The van der Waals surface area contributed by atoms with E-state index in [1.807, 2.05) is 4.68 Å². The van der Waals surface area contributed by atoms with E-state index in [1.165, 1.54) is 10.8 Å². The standard InChI is InChI=1S/C8H14IN3/c1-2-4-8-7-12(11-10-8)6-3-5-9/h7H,2-6H2,1H3. The highest BCUT2D eigenvalue weighted by Crippen LogP contribution is 1.99. The normalized spacial score (nSPS) is 10.5. The predicted octanol–water partition coefficient (Wildman–Crippen LogP) is 2.06. The zero-order chi connectivity index (χ0) is 8.81. The van der Waals surface area contributed by atoms with Crippen LogP contribution in [0.1, 0.15) is 25.5 Å². The summed E-state index contributed by atoms with van der Waals surface area (Å²) >= 11 is 2.38. The van der Waals surface area contributed by atoms with Gasteiger partial charge in [-0.15, -0.1) is 5.10 Å². The third-order valence-electron chi connectivity index (χ3n) is 1.61. The van der Waals surface area contributed by atoms with Gasteiger partial charge in [0.25, 0.3) is 0 Å². The van der Waals surface area contributed by atoms with Gasteiger partial charge >= 0.3 is 0 Å². The smallest absolute Gasteiger partial charge is 0.0827 e. The highest BCUT2D eigenvalue weighted by molar-refractivity contribution is 14.1. The van der Waals surface area contributed by atoms with E-state index < -0.39 is 0 Å². The van der Waals surface area contributed by atoms with Crippen LogP contribution in [0.4, 0.5) is 0 Å². The van der Waals surface area contributed by atoms with Gasteiger partial charge in [-0.25, -0.2) is 0 Å². The lowest BCUT2D eigenvalue weighted by atomic mass is 10.3. The maximum atomic E-state index is 4.07. The van der Waals surface area contributed by atoms with E-state index in [-0.39, 0.29) is 0 Å². The minimum atomic E-state index is 1.000. The molecule has 0 amide bonds. The second kappa shape index (κ2) is 5.50. The van der Waals surface area contributed by atoms with Crippen molar-refractivity contribution in [3.05, 3.63) is 11.9 Å². The van der Waals surface area contributed by atoms with Crippen LogP contribution in [-0.4, -0.2) is 19.4 Å². The molecule has 1 rings (SSSR count). The Hall–Kier alpha value is -0.130. The number of nitrogens with zero attached hydrogens (tertiary/aromatic N) is 3. The van der Waals surface area contributed by atoms with E-state index in [0.717, 1.165) is 25.1 Å². The second-order valence-corrected chi connectivity index (χ2v) is 3.84. The number of hydrogen-bond acceptors (Lipinski definition) is 2. The summed E-state index contributed by atoms with van der Waals surface area (Å²) in [7, 11) is 0. The van der Waals surface area contributed by atoms with Gasteiger partial charge in [-0.05, 0) is 12.8 Å². The van der Waals surface area contributed by atoms with E-state index in [9.17, 15) is 0 Å². The number of rotatable bonds is 5. The lowest BCUT2D eigenvalue weighted by Crippen LogP contribution is -1.98. The molecule has 68 valence electrons. The number of hydrogen-bond donors (Lipinski definition) is 0. The Balaban J connectivity index is 2.41. The van der Waals surface area contributed by atoms with E-state index in [1.54, 1.807) is 0 Å². The first-order valence-corrected chi connectivity index (χ1v) is 5.84. The van der Waals surface area contributed by atoms with Crippen LogP contribution in [0.25, 0.3) is 0 Å². The molecule has 0 saturated carbocycles. The molecule has 4 heteroatoms. The van der Waals surface area contributed by atoms with Crippen molar-refractivity contribution in [2.75, 3.05) is 4.43 Å². The van der Waals surface area contributed by atoms with Gasteiger partial charge in [0.05, 0.1) is 5.69 Å². The maximum absolute atomic E-state index is 4.07. The average molecular weight is 279 g/mol. The Bertz CT molecular complexity index is 222. The first kappa shape index (κ1) is 9.95. The Kier molecular flexibility index (Phi) is 4.57. The van der Waals surface area contributed by atoms with E-state index in [0.29, 0.717) is 0 Å². The van der Waals surface area contributed by atoms with Crippen molar-refractivity contribution in [3.63, 3.8) is 0 Å². The fourth-order valence-corrected chi connectivity index (χ4v) is 1.38. The summed E-state index contributed by atoms with van der Waals surface area (Å²) < 4.78 is 3.12. The molecule has 0 aromatic carbocycles. The summed E-state index contributed by atoms with van der Waals surface area (Å²) in [6.07, 6.45) is 5.42. The Morgan fingerprint density at radius 1 is 1.58 bits per heavy atom. The fourth-order valence-electron chi connectivity index (χ4n) is 1.04. The summed E-state index contributed by atoms with van der Waals surface area (Å²) in [5, 5.41) is 8.10. The third-order valence-corrected chi connectivity index (χ3v) is 2.38. The van der Waals surface area contributed by atoms with Crippen molar-refractivity contribution in [3.8, 4) is 0 Å². The minimum Gasteiger partial charge on any atom is -0.252 e. The van der Waals surface area contributed by atoms with Crippen molar-refractivity contribution in [2.45, 2.75) is 32.7 Å². The van der Waals surface area contributed by atoms with Crippen molar-refractivity contribution >= 4 is 22.6 Å². The zero-order valence-electron chi connectivity index (χ0n) is 7.33. The van der Waals surface area contributed by atoms with Gasteiger partial charge in [0.2, 0.25) is 0 Å². The Morgan fingerprint density at radius 2 is 2.42 bits per heavy atom. The van der Waals surface area contributed by atoms with Crippen LogP contribution in [0, 0.1) is 0 Å². The van der Waals surface area contributed by atoms with Gasteiger partial charge in [-0.2, -0.15) is 0 Å². The molecular formula is C8H14IN3. The number of aryl methyl sites for hydroxylation is 2. The molecule has 0 N–H and O–H groups in total. The van der Waals surface area contributed by atoms with Crippen molar-refractivity contribution in [1.29, 1.82) is 0 Å². The average Bonchev–Trinajstić information content (AvgIpc) is 2.50. The first-order chi connectivity index (χ1) is 5.86. The van der Waals surface area contributed by atoms with Gasteiger partial charge in [0, 0.05) is 17.2 Å². The molecule has 0 aliphatic rings. The summed E-state index contributed by atoms with van der Waals surface area (Å²) in [5.41, 5.74) is 1.12. The molecule has 0 aliphatic carbocycles. The van der Waals surface area contributed by atoms with Gasteiger partial charge < -0.3 is 0 Å². The maximum Gasteiger partial charge on any atom is 0.0827 e. The first-order valence-electron chi connectivity index (χ1n) is 4.31. The number of halogens is 1. The summed E-state index contributed by atoms with van der Waals surface area (Å²) in [6, 6.07) is 0. The SMILES string of the molecule is CCCc1cn(CCCI)nn1. The summed E-state index contributed by atoms with van der Waals surface area (Å²) in [4.78, 5) is 0. The van der Waals surface area contributed by atoms with E-state index in [2.05, 4.69) is 46.0 Å². The molecule has 1 aromatic rings. The molecular weight excluding hydrogens is 265 g/mol. The van der Waals surface area contributed by atoms with Gasteiger partial charge in [0.15, 0.2) is 0 Å². The van der Waals surface area contributed by atoms with Crippen LogP contribution < -0.4 is 0 Å². The van der Waals surface area contributed by atoms with Crippen LogP contribution in [-0.2, 0) is 13.0 Å². The molecule has 1 heterocycles. The highest BCUT2D eigenvalue weighted by atomic mass is 127. The molecule has 0 unspecified atom stereocenters. The fraction of sp³-hybridized carbons (Fsp3) is 0.750. The molecule has 0 saturated heterocycles.